The number of anilines is 1. The fourth-order valence-electron chi connectivity index (χ4n) is 1.75. The summed E-state index contributed by atoms with van der Waals surface area (Å²) in [4.78, 5) is 15.9. The number of rotatable bonds is 3. The molecule has 0 radical (unpaired) electrons. The number of aromatic amines is 1. The number of carbonyl (C=O) groups is 1. The summed E-state index contributed by atoms with van der Waals surface area (Å²) in [7, 11) is 0. The molecule has 20 heavy (non-hydrogen) atoms. The number of carbonyl (C=O) groups excluding carboxylic acids is 1. The molecule has 1 fully saturated rings. The van der Waals surface area contributed by atoms with Gasteiger partial charge in [0.05, 0.1) is 0 Å². The lowest BCUT2D eigenvalue weighted by molar-refractivity contribution is 0.101. The summed E-state index contributed by atoms with van der Waals surface area (Å²) in [6.07, 6.45) is 2.01. The molecule has 0 bridgehead atoms. The summed E-state index contributed by atoms with van der Waals surface area (Å²) in [5.41, 5.74) is -0.518. The van der Waals surface area contributed by atoms with E-state index in [-0.39, 0.29) is 10.3 Å². The number of benzene rings is 1. The van der Waals surface area contributed by atoms with Crippen LogP contribution >= 0.6 is 15.9 Å². The Morgan fingerprint density at radius 1 is 1.35 bits per heavy atom. The quantitative estimate of drug-likeness (QED) is 0.900. The van der Waals surface area contributed by atoms with Crippen LogP contribution in [0.2, 0.25) is 0 Å². The van der Waals surface area contributed by atoms with Crippen molar-refractivity contribution in [2.24, 2.45) is 0 Å². The van der Waals surface area contributed by atoms with E-state index in [4.69, 9.17) is 0 Å². The molecular weight excluding hydrogens is 334 g/mol. The largest absolute Gasteiger partial charge is 0.314 e. The van der Waals surface area contributed by atoms with Crippen molar-refractivity contribution in [2.75, 3.05) is 5.32 Å². The van der Waals surface area contributed by atoms with Crippen LogP contribution in [0, 0.1) is 11.6 Å². The van der Waals surface area contributed by atoms with Crippen molar-refractivity contribution >= 4 is 27.5 Å². The average Bonchev–Trinajstić information content (AvgIpc) is 3.11. The maximum atomic E-state index is 13.6. The Morgan fingerprint density at radius 3 is 2.60 bits per heavy atom. The molecule has 5 nitrogen and oxygen atoms in total. The number of hydrogen-bond donors (Lipinski definition) is 2. The zero-order valence-corrected chi connectivity index (χ0v) is 11.7. The minimum atomic E-state index is -0.872. The van der Waals surface area contributed by atoms with Gasteiger partial charge < -0.3 is 5.32 Å². The Morgan fingerprint density at radius 2 is 2.00 bits per heavy atom. The van der Waals surface area contributed by atoms with Crippen LogP contribution in [0.3, 0.4) is 0 Å². The van der Waals surface area contributed by atoms with Gasteiger partial charge in [-0.25, -0.2) is 13.8 Å². The monoisotopic (exact) mass is 342 g/mol. The van der Waals surface area contributed by atoms with Gasteiger partial charge in [-0.1, -0.05) is 15.9 Å². The molecule has 1 aromatic carbocycles. The van der Waals surface area contributed by atoms with Gasteiger partial charge in [0.2, 0.25) is 5.82 Å². The van der Waals surface area contributed by atoms with Gasteiger partial charge in [-0.15, -0.1) is 5.10 Å². The third kappa shape index (κ3) is 2.55. The first-order valence-electron chi connectivity index (χ1n) is 5.93. The maximum Gasteiger partial charge on any atom is 0.295 e. The topological polar surface area (TPSA) is 70.7 Å². The second kappa shape index (κ2) is 4.93. The molecular formula is C12H9BrF2N4O. The predicted molar refractivity (Wildman–Crippen MR) is 70.4 cm³/mol. The fraction of sp³-hybridized carbons (Fsp3) is 0.250. The van der Waals surface area contributed by atoms with E-state index in [1.54, 1.807) is 0 Å². The van der Waals surface area contributed by atoms with Crippen LogP contribution in [0.4, 0.5) is 14.5 Å². The van der Waals surface area contributed by atoms with Crippen molar-refractivity contribution in [2.45, 2.75) is 18.8 Å². The summed E-state index contributed by atoms with van der Waals surface area (Å²) in [5.74, 6) is -1.69. The predicted octanol–water partition coefficient (Wildman–Crippen LogP) is 2.98. The van der Waals surface area contributed by atoms with Crippen LogP contribution in [0.25, 0.3) is 0 Å². The second-order valence-corrected chi connectivity index (χ2v) is 5.43. The number of nitrogens with one attached hydrogen (secondary N) is 2. The molecule has 1 aliphatic rings. The van der Waals surface area contributed by atoms with Crippen molar-refractivity contribution in [3.05, 3.63) is 39.9 Å². The third-order valence-corrected chi connectivity index (χ3v) is 3.37. The molecule has 1 amide bonds. The van der Waals surface area contributed by atoms with Crippen LogP contribution in [0.5, 0.6) is 0 Å². The summed E-state index contributed by atoms with van der Waals surface area (Å²) < 4.78 is 27.4. The van der Waals surface area contributed by atoms with Crippen molar-refractivity contribution in [3.63, 3.8) is 0 Å². The molecule has 0 unspecified atom stereocenters. The van der Waals surface area contributed by atoms with Crippen LogP contribution in [0.15, 0.2) is 16.6 Å². The van der Waals surface area contributed by atoms with Gasteiger partial charge in [0.1, 0.15) is 11.5 Å². The number of hydrogen-bond acceptors (Lipinski definition) is 3. The van der Waals surface area contributed by atoms with E-state index >= 15 is 0 Å². The number of H-pyrrole nitrogens is 1. The molecule has 1 aromatic heterocycles. The normalized spacial score (nSPS) is 14.3. The van der Waals surface area contributed by atoms with Gasteiger partial charge in [0.25, 0.3) is 5.91 Å². The van der Waals surface area contributed by atoms with E-state index in [9.17, 15) is 13.6 Å². The van der Waals surface area contributed by atoms with E-state index < -0.39 is 23.2 Å². The molecule has 8 heteroatoms. The molecule has 1 saturated carbocycles. The highest BCUT2D eigenvalue weighted by Crippen LogP contribution is 2.37. The highest BCUT2D eigenvalue weighted by Gasteiger charge is 2.28. The van der Waals surface area contributed by atoms with Crippen molar-refractivity contribution in [1.29, 1.82) is 0 Å². The van der Waals surface area contributed by atoms with Crippen LogP contribution in [0.1, 0.15) is 35.2 Å². The molecule has 0 saturated heterocycles. The zero-order valence-electron chi connectivity index (χ0n) is 10.1. The summed E-state index contributed by atoms with van der Waals surface area (Å²) in [5, 5.41) is 8.54. The van der Waals surface area contributed by atoms with E-state index in [1.165, 1.54) is 0 Å². The lowest BCUT2D eigenvalue weighted by atomic mass is 10.3. The van der Waals surface area contributed by atoms with Gasteiger partial charge in [0.15, 0.2) is 11.6 Å². The first kappa shape index (κ1) is 13.2. The Balaban J connectivity index is 1.81. The smallest absolute Gasteiger partial charge is 0.295 e. The van der Waals surface area contributed by atoms with Gasteiger partial charge in [0, 0.05) is 10.4 Å². The van der Waals surface area contributed by atoms with E-state index in [2.05, 4.69) is 36.4 Å². The lowest BCUT2D eigenvalue weighted by Gasteiger charge is -2.06. The number of amides is 1. The van der Waals surface area contributed by atoms with Crippen LogP contribution < -0.4 is 5.32 Å². The van der Waals surface area contributed by atoms with Crippen molar-refractivity contribution < 1.29 is 13.6 Å². The average molecular weight is 343 g/mol. The molecule has 1 aliphatic carbocycles. The summed E-state index contributed by atoms with van der Waals surface area (Å²) in [6.45, 7) is 0. The fourth-order valence-corrected chi connectivity index (χ4v) is 2.15. The third-order valence-electron chi connectivity index (χ3n) is 2.92. The zero-order chi connectivity index (χ0) is 14.3. The molecule has 1 heterocycles. The molecule has 0 aliphatic heterocycles. The van der Waals surface area contributed by atoms with E-state index in [1.807, 2.05) is 0 Å². The number of nitrogens with zero attached hydrogens (tertiary/aromatic N) is 2. The maximum absolute atomic E-state index is 13.6. The second-order valence-electron chi connectivity index (χ2n) is 4.52. The number of halogens is 3. The minimum absolute atomic E-state index is 0.131. The molecule has 2 N–H and O–H groups in total. The SMILES string of the molecule is O=C(Nc1c(F)cc(Br)cc1F)c1n[nH]c(C2CC2)n1. The first-order chi connectivity index (χ1) is 9.54. The molecule has 0 atom stereocenters. The van der Waals surface area contributed by atoms with Crippen molar-refractivity contribution in [1.82, 2.24) is 15.2 Å². The summed E-state index contributed by atoms with van der Waals surface area (Å²) in [6, 6.07) is 2.12. The molecule has 2 aromatic rings. The van der Waals surface area contributed by atoms with Crippen LogP contribution in [-0.4, -0.2) is 21.1 Å². The Kier molecular flexibility index (Phi) is 3.25. The van der Waals surface area contributed by atoms with E-state index in [0.717, 1.165) is 25.0 Å². The van der Waals surface area contributed by atoms with Gasteiger partial charge >= 0.3 is 0 Å². The molecule has 104 valence electrons. The van der Waals surface area contributed by atoms with Gasteiger partial charge in [-0.3, -0.25) is 9.89 Å². The molecule has 3 rings (SSSR count). The number of aromatic nitrogens is 3. The Hall–Kier alpha value is -1.83. The van der Waals surface area contributed by atoms with Crippen LogP contribution in [-0.2, 0) is 0 Å². The highest BCUT2D eigenvalue weighted by molar-refractivity contribution is 9.10. The minimum Gasteiger partial charge on any atom is -0.314 e. The first-order valence-corrected chi connectivity index (χ1v) is 6.72. The van der Waals surface area contributed by atoms with E-state index in [0.29, 0.717) is 11.7 Å². The Bertz CT molecular complexity index is 661. The van der Waals surface area contributed by atoms with Gasteiger partial charge in [-0.05, 0) is 25.0 Å². The summed E-state index contributed by atoms with van der Waals surface area (Å²) >= 11 is 2.96. The standard InChI is InChI=1S/C12H9BrF2N4O/c13-6-3-7(14)9(8(15)4-6)16-12(20)11-17-10(18-19-11)5-1-2-5/h3-5H,1-2H2,(H,16,20)(H,17,18,19). The lowest BCUT2D eigenvalue weighted by Crippen LogP contribution is -2.16. The molecule has 0 spiro atoms. The highest BCUT2D eigenvalue weighted by atomic mass is 79.9. The van der Waals surface area contributed by atoms with Gasteiger partial charge in [-0.2, -0.15) is 0 Å². The van der Waals surface area contributed by atoms with Crippen molar-refractivity contribution in [3.8, 4) is 0 Å². The Labute approximate surface area is 120 Å².